The topological polar surface area (TPSA) is 43.6 Å². The Bertz CT molecular complexity index is 2210. The van der Waals surface area contributed by atoms with Crippen LogP contribution in [0.3, 0.4) is 0 Å². The van der Waals surface area contributed by atoms with Crippen molar-refractivity contribution in [2.24, 2.45) is 0 Å². The van der Waals surface area contributed by atoms with E-state index in [1.807, 2.05) is 48.7 Å². The first-order chi connectivity index (χ1) is 22.3. The van der Waals surface area contributed by atoms with Crippen molar-refractivity contribution in [3.63, 3.8) is 0 Å². The summed E-state index contributed by atoms with van der Waals surface area (Å²) in [4.78, 5) is 14.8. The highest BCUT2D eigenvalue weighted by Crippen LogP contribution is 2.31. The summed E-state index contributed by atoms with van der Waals surface area (Å²) in [6, 6.07) is 54.3. The van der Waals surface area contributed by atoms with Gasteiger partial charge in [-0.15, -0.1) is 0 Å². The van der Waals surface area contributed by atoms with Gasteiger partial charge in [-0.2, -0.15) is 0 Å². The van der Waals surface area contributed by atoms with E-state index in [4.69, 9.17) is 9.97 Å². The lowest BCUT2D eigenvalue weighted by Gasteiger charge is -2.10. The van der Waals surface area contributed by atoms with Crippen LogP contribution in [0.15, 0.2) is 164 Å². The van der Waals surface area contributed by atoms with Gasteiger partial charge in [0.25, 0.3) is 0 Å². The predicted octanol–water partition coefficient (Wildman–Crippen LogP) is 9.89. The van der Waals surface area contributed by atoms with Gasteiger partial charge in [0.15, 0.2) is 0 Å². The number of pyridine rings is 3. The molecule has 0 unspecified atom stereocenters. The van der Waals surface area contributed by atoms with Gasteiger partial charge in [0.05, 0.1) is 33.6 Å². The number of rotatable bonds is 6. The van der Waals surface area contributed by atoms with Gasteiger partial charge in [-0.05, 0) is 70.8 Å². The maximum absolute atomic E-state index is 5.09. The Kier molecular flexibility index (Phi) is 6.78. The summed E-state index contributed by atoms with van der Waals surface area (Å²) in [6.45, 7) is 0. The predicted molar refractivity (Wildman–Crippen MR) is 185 cm³/mol. The Labute approximate surface area is 261 Å². The third-order valence-corrected chi connectivity index (χ3v) is 8.09. The van der Waals surface area contributed by atoms with Crippen molar-refractivity contribution in [1.82, 2.24) is 19.5 Å². The second kappa shape index (κ2) is 11.5. The van der Waals surface area contributed by atoms with E-state index in [9.17, 15) is 0 Å². The molecule has 0 aliphatic carbocycles. The Hall–Kier alpha value is -6.13. The molecule has 0 aliphatic heterocycles. The molecule has 4 nitrogen and oxygen atoms in total. The molecule has 0 saturated heterocycles. The standard InChI is InChI=1S/C41H28N4/c1-3-12-30(13-4-1)34(31-14-5-2-6-15-31)28-29-23-25-32(26-24-29)35-17-9-18-36(43-35)37-19-10-22-40(44-37)45-38-20-8-7-16-33(38)41-39(45)21-11-27-42-41/h1-28H. The molecular formula is C41H28N4. The minimum atomic E-state index is 0.819. The fourth-order valence-corrected chi connectivity index (χ4v) is 5.94. The summed E-state index contributed by atoms with van der Waals surface area (Å²) in [6.07, 6.45) is 4.09. The second-order valence-electron chi connectivity index (χ2n) is 10.9. The van der Waals surface area contributed by atoms with Crippen LogP contribution in [-0.2, 0) is 0 Å². The molecule has 0 saturated carbocycles. The van der Waals surface area contributed by atoms with Crippen LogP contribution in [0.1, 0.15) is 16.7 Å². The Morgan fingerprint density at radius 3 is 1.87 bits per heavy atom. The molecule has 0 aliphatic rings. The molecule has 4 heterocycles. The summed E-state index contributed by atoms with van der Waals surface area (Å²) in [5.41, 5.74) is 11.4. The smallest absolute Gasteiger partial charge is 0.138 e. The number of hydrogen-bond donors (Lipinski definition) is 0. The van der Waals surface area contributed by atoms with Gasteiger partial charge in [0, 0.05) is 17.1 Å². The summed E-state index contributed by atoms with van der Waals surface area (Å²) in [7, 11) is 0. The summed E-state index contributed by atoms with van der Waals surface area (Å²) >= 11 is 0. The van der Waals surface area contributed by atoms with Crippen LogP contribution >= 0.6 is 0 Å². The fourth-order valence-electron chi connectivity index (χ4n) is 5.94. The van der Waals surface area contributed by atoms with Crippen molar-refractivity contribution in [3.05, 3.63) is 181 Å². The van der Waals surface area contributed by atoms with Gasteiger partial charge in [-0.3, -0.25) is 9.55 Å². The van der Waals surface area contributed by atoms with Crippen molar-refractivity contribution in [3.8, 4) is 28.5 Å². The lowest BCUT2D eigenvalue weighted by atomic mass is 9.95. The lowest BCUT2D eigenvalue weighted by molar-refractivity contribution is 1.08. The monoisotopic (exact) mass is 576 g/mol. The largest absolute Gasteiger partial charge is 0.292 e. The number of hydrogen-bond acceptors (Lipinski definition) is 3. The van der Waals surface area contributed by atoms with E-state index in [0.717, 1.165) is 56.0 Å². The highest BCUT2D eigenvalue weighted by atomic mass is 15.1. The molecular weight excluding hydrogens is 548 g/mol. The van der Waals surface area contributed by atoms with Crippen LogP contribution in [-0.4, -0.2) is 19.5 Å². The van der Waals surface area contributed by atoms with Gasteiger partial charge in [0.1, 0.15) is 5.82 Å². The Morgan fingerprint density at radius 2 is 1.11 bits per heavy atom. The average Bonchev–Trinajstić information content (AvgIpc) is 3.46. The number of nitrogens with zero attached hydrogens (tertiary/aromatic N) is 4. The summed E-state index contributed by atoms with van der Waals surface area (Å²) in [5, 5.41) is 1.11. The Balaban J connectivity index is 1.13. The second-order valence-corrected chi connectivity index (χ2v) is 10.9. The molecule has 0 bridgehead atoms. The van der Waals surface area contributed by atoms with Crippen molar-refractivity contribution < 1.29 is 0 Å². The maximum Gasteiger partial charge on any atom is 0.138 e. The van der Waals surface area contributed by atoms with E-state index < -0.39 is 0 Å². The maximum atomic E-state index is 5.09. The first-order valence-corrected chi connectivity index (χ1v) is 15.0. The van der Waals surface area contributed by atoms with Crippen molar-refractivity contribution in [2.45, 2.75) is 0 Å². The van der Waals surface area contributed by atoms with Crippen LogP contribution in [0.2, 0.25) is 0 Å². The normalized spacial score (nSPS) is 11.1. The molecule has 0 radical (unpaired) electrons. The molecule has 0 spiro atoms. The van der Waals surface area contributed by atoms with Gasteiger partial charge in [-0.25, -0.2) is 9.97 Å². The molecule has 4 aromatic heterocycles. The van der Waals surface area contributed by atoms with E-state index >= 15 is 0 Å². The molecule has 4 aromatic carbocycles. The SMILES string of the molecule is C(=C(c1ccccc1)c1ccccc1)c1ccc(-c2cccc(-c3cccc(-n4c5ccccc5c5ncccc54)n3)n2)cc1. The molecule has 212 valence electrons. The molecule has 0 N–H and O–H groups in total. The van der Waals surface area contributed by atoms with E-state index in [0.29, 0.717) is 0 Å². The molecule has 0 amide bonds. The van der Waals surface area contributed by atoms with Gasteiger partial charge in [0.2, 0.25) is 0 Å². The van der Waals surface area contributed by atoms with Gasteiger partial charge in [-0.1, -0.05) is 115 Å². The van der Waals surface area contributed by atoms with Crippen LogP contribution in [0.4, 0.5) is 0 Å². The van der Waals surface area contributed by atoms with Crippen LogP contribution in [0, 0.1) is 0 Å². The zero-order valence-electron chi connectivity index (χ0n) is 24.5. The number of benzene rings is 4. The molecule has 45 heavy (non-hydrogen) atoms. The van der Waals surface area contributed by atoms with Crippen LogP contribution in [0.25, 0.3) is 62.0 Å². The minimum Gasteiger partial charge on any atom is -0.292 e. The third-order valence-electron chi connectivity index (χ3n) is 8.09. The van der Waals surface area contributed by atoms with Crippen LogP contribution in [0.5, 0.6) is 0 Å². The van der Waals surface area contributed by atoms with Crippen molar-refractivity contribution in [2.75, 3.05) is 0 Å². The molecule has 8 rings (SSSR count). The third kappa shape index (κ3) is 5.09. The van der Waals surface area contributed by atoms with Crippen LogP contribution < -0.4 is 0 Å². The average molecular weight is 577 g/mol. The highest BCUT2D eigenvalue weighted by Gasteiger charge is 2.14. The summed E-state index contributed by atoms with van der Waals surface area (Å²) < 4.78 is 2.18. The minimum absolute atomic E-state index is 0.819. The van der Waals surface area contributed by atoms with Gasteiger partial charge >= 0.3 is 0 Å². The van der Waals surface area contributed by atoms with Crippen molar-refractivity contribution >= 4 is 33.6 Å². The first kappa shape index (κ1) is 26.5. The van der Waals surface area contributed by atoms with E-state index in [1.165, 1.54) is 16.7 Å². The highest BCUT2D eigenvalue weighted by molar-refractivity contribution is 6.06. The van der Waals surface area contributed by atoms with Crippen molar-refractivity contribution in [1.29, 1.82) is 0 Å². The number of aromatic nitrogens is 4. The molecule has 0 atom stereocenters. The fraction of sp³-hybridized carbons (Fsp3) is 0. The number of fused-ring (bicyclic) bond motifs is 3. The lowest BCUT2D eigenvalue weighted by Crippen LogP contribution is -1.99. The summed E-state index contributed by atoms with van der Waals surface area (Å²) in [5.74, 6) is 0.836. The quantitative estimate of drug-likeness (QED) is 0.185. The molecule has 0 fully saturated rings. The zero-order valence-corrected chi connectivity index (χ0v) is 24.5. The van der Waals surface area contributed by atoms with E-state index in [-0.39, 0.29) is 0 Å². The van der Waals surface area contributed by atoms with E-state index in [1.54, 1.807) is 0 Å². The van der Waals surface area contributed by atoms with E-state index in [2.05, 4.69) is 131 Å². The van der Waals surface area contributed by atoms with Gasteiger partial charge < -0.3 is 0 Å². The molecule has 4 heteroatoms. The first-order valence-electron chi connectivity index (χ1n) is 15.0. The Morgan fingerprint density at radius 1 is 0.489 bits per heavy atom. The zero-order chi connectivity index (χ0) is 30.0. The molecule has 8 aromatic rings. The number of para-hydroxylation sites is 1.